The molecule has 2 aromatic rings. The number of H-pyrrole nitrogens is 1. The molecule has 6 nitrogen and oxygen atoms in total. The number of aromatic nitrogens is 2. The van der Waals surface area contributed by atoms with Gasteiger partial charge in [-0.1, -0.05) is 30.3 Å². The Morgan fingerprint density at radius 2 is 2.08 bits per heavy atom. The Balaban J connectivity index is 1.35. The summed E-state index contributed by atoms with van der Waals surface area (Å²) in [6, 6.07) is 11.6. The first-order valence-electron chi connectivity index (χ1n) is 8.37. The second-order valence-electron chi connectivity index (χ2n) is 6.62. The fourth-order valence-electron chi connectivity index (χ4n) is 3.14. The molecule has 2 aliphatic rings. The monoisotopic (exact) mass is 324 g/mol. The molecular formula is C18H20N4O2. The van der Waals surface area contributed by atoms with Gasteiger partial charge in [0, 0.05) is 31.1 Å². The van der Waals surface area contributed by atoms with Crippen molar-refractivity contribution < 1.29 is 9.59 Å². The summed E-state index contributed by atoms with van der Waals surface area (Å²) in [4.78, 5) is 26.3. The third-order valence-electron chi connectivity index (χ3n) is 4.61. The maximum Gasteiger partial charge on any atom is 0.272 e. The average molecular weight is 324 g/mol. The zero-order valence-electron chi connectivity index (χ0n) is 13.4. The van der Waals surface area contributed by atoms with Crippen molar-refractivity contribution in [3.8, 4) is 0 Å². The van der Waals surface area contributed by atoms with E-state index in [-0.39, 0.29) is 17.9 Å². The molecule has 1 aromatic carbocycles. The topological polar surface area (TPSA) is 78.1 Å². The van der Waals surface area contributed by atoms with E-state index < -0.39 is 0 Å². The van der Waals surface area contributed by atoms with Crippen molar-refractivity contribution in [1.82, 2.24) is 20.4 Å². The third kappa shape index (κ3) is 3.18. The van der Waals surface area contributed by atoms with Crippen LogP contribution >= 0.6 is 0 Å². The largest absolute Gasteiger partial charge is 0.346 e. The Hall–Kier alpha value is -2.63. The van der Waals surface area contributed by atoms with Crippen LogP contribution < -0.4 is 5.32 Å². The second kappa shape index (κ2) is 6.11. The lowest BCUT2D eigenvalue weighted by Crippen LogP contribution is -2.37. The molecule has 2 N–H and O–H groups in total. The van der Waals surface area contributed by atoms with Gasteiger partial charge < -0.3 is 10.2 Å². The Morgan fingerprint density at radius 1 is 1.29 bits per heavy atom. The SMILES string of the molecule is O=C(N[C@@H]1CC(=O)N(Cc2ccccc2)C1)c1cc(C2CC2)[nH]n1. The molecule has 1 aliphatic carbocycles. The minimum Gasteiger partial charge on any atom is -0.346 e. The Bertz CT molecular complexity index is 751. The number of carbonyl (C=O) groups excluding carboxylic acids is 2. The number of nitrogens with zero attached hydrogens (tertiary/aromatic N) is 2. The highest BCUT2D eigenvalue weighted by Crippen LogP contribution is 2.38. The molecule has 124 valence electrons. The summed E-state index contributed by atoms with van der Waals surface area (Å²) in [7, 11) is 0. The maximum atomic E-state index is 12.3. The molecule has 0 unspecified atom stereocenters. The van der Waals surface area contributed by atoms with E-state index in [0.29, 0.717) is 31.1 Å². The minimum absolute atomic E-state index is 0.0739. The Morgan fingerprint density at radius 3 is 2.83 bits per heavy atom. The normalized spacial score (nSPS) is 20.4. The van der Waals surface area contributed by atoms with Gasteiger partial charge in [0.1, 0.15) is 5.69 Å². The summed E-state index contributed by atoms with van der Waals surface area (Å²) >= 11 is 0. The van der Waals surface area contributed by atoms with Gasteiger partial charge in [0.15, 0.2) is 0 Å². The van der Waals surface area contributed by atoms with E-state index >= 15 is 0 Å². The van der Waals surface area contributed by atoms with Crippen LogP contribution in [0.2, 0.25) is 0 Å². The van der Waals surface area contributed by atoms with E-state index in [1.165, 1.54) is 0 Å². The molecule has 1 aromatic heterocycles. The number of hydrogen-bond donors (Lipinski definition) is 2. The van der Waals surface area contributed by atoms with Crippen molar-refractivity contribution in [1.29, 1.82) is 0 Å². The van der Waals surface area contributed by atoms with E-state index in [1.54, 1.807) is 4.90 Å². The molecular weight excluding hydrogens is 304 g/mol. The molecule has 0 bridgehead atoms. The van der Waals surface area contributed by atoms with Gasteiger partial charge in [0.05, 0.1) is 6.04 Å². The van der Waals surface area contributed by atoms with E-state index in [2.05, 4.69) is 15.5 Å². The van der Waals surface area contributed by atoms with Gasteiger partial charge >= 0.3 is 0 Å². The summed E-state index contributed by atoms with van der Waals surface area (Å²) in [5.41, 5.74) is 2.54. The quantitative estimate of drug-likeness (QED) is 0.880. The molecule has 1 aliphatic heterocycles. The number of benzene rings is 1. The predicted molar refractivity (Wildman–Crippen MR) is 88.3 cm³/mol. The summed E-state index contributed by atoms with van der Waals surface area (Å²) in [6.07, 6.45) is 2.67. The summed E-state index contributed by atoms with van der Waals surface area (Å²) in [5.74, 6) is 0.399. The molecule has 2 amide bonds. The molecule has 2 heterocycles. The minimum atomic E-state index is -0.211. The first kappa shape index (κ1) is 14.9. The van der Waals surface area contributed by atoms with Crippen LogP contribution in [0.4, 0.5) is 0 Å². The summed E-state index contributed by atoms with van der Waals surface area (Å²) < 4.78 is 0. The van der Waals surface area contributed by atoms with E-state index in [4.69, 9.17) is 0 Å². The average Bonchev–Trinajstić information content (AvgIpc) is 3.21. The molecule has 0 radical (unpaired) electrons. The van der Waals surface area contributed by atoms with Crippen molar-refractivity contribution in [2.45, 2.75) is 37.8 Å². The van der Waals surface area contributed by atoms with Crippen molar-refractivity contribution in [3.63, 3.8) is 0 Å². The highest BCUT2D eigenvalue weighted by atomic mass is 16.2. The van der Waals surface area contributed by atoms with Crippen LogP contribution in [0.3, 0.4) is 0 Å². The van der Waals surface area contributed by atoms with E-state index in [0.717, 1.165) is 24.1 Å². The number of nitrogens with one attached hydrogen (secondary N) is 2. The van der Waals surface area contributed by atoms with Crippen molar-refractivity contribution in [2.75, 3.05) is 6.54 Å². The molecule has 2 fully saturated rings. The standard InChI is InChI=1S/C18H20N4O2/c23-17-8-14(11-22(17)10-12-4-2-1-3-5-12)19-18(24)16-9-15(20-21-16)13-6-7-13/h1-5,9,13-14H,6-8,10-11H2,(H,19,24)(H,20,21)/t14-/m1/s1. The molecule has 1 atom stereocenters. The number of hydrogen-bond acceptors (Lipinski definition) is 3. The zero-order valence-corrected chi connectivity index (χ0v) is 13.4. The number of rotatable bonds is 5. The third-order valence-corrected chi connectivity index (χ3v) is 4.61. The predicted octanol–water partition coefficient (Wildman–Crippen LogP) is 1.82. The number of likely N-dealkylation sites (tertiary alicyclic amines) is 1. The van der Waals surface area contributed by atoms with Crippen LogP contribution in [-0.2, 0) is 11.3 Å². The maximum absolute atomic E-state index is 12.3. The highest BCUT2D eigenvalue weighted by Gasteiger charge is 2.32. The number of amides is 2. The smallest absolute Gasteiger partial charge is 0.272 e. The second-order valence-corrected chi connectivity index (χ2v) is 6.62. The fraction of sp³-hybridized carbons (Fsp3) is 0.389. The molecule has 1 saturated heterocycles. The lowest BCUT2D eigenvalue weighted by atomic mass is 10.2. The van der Waals surface area contributed by atoms with Gasteiger partial charge in [0.2, 0.25) is 5.91 Å². The van der Waals surface area contributed by atoms with Crippen LogP contribution in [-0.4, -0.2) is 39.5 Å². The molecule has 4 rings (SSSR count). The van der Waals surface area contributed by atoms with Gasteiger partial charge in [-0.25, -0.2) is 0 Å². The first-order valence-corrected chi connectivity index (χ1v) is 8.37. The van der Waals surface area contributed by atoms with Crippen molar-refractivity contribution in [2.24, 2.45) is 0 Å². The Kier molecular flexibility index (Phi) is 3.80. The van der Waals surface area contributed by atoms with Crippen molar-refractivity contribution in [3.05, 3.63) is 53.3 Å². The van der Waals surface area contributed by atoms with Crippen LogP contribution in [0.5, 0.6) is 0 Å². The van der Waals surface area contributed by atoms with E-state index in [1.807, 2.05) is 36.4 Å². The van der Waals surface area contributed by atoms with Crippen LogP contribution in [0, 0.1) is 0 Å². The molecule has 0 spiro atoms. The van der Waals surface area contributed by atoms with Gasteiger partial charge in [-0.05, 0) is 24.5 Å². The number of aromatic amines is 1. The summed E-state index contributed by atoms with van der Waals surface area (Å²) in [6.45, 7) is 1.12. The van der Waals surface area contributed by atoms with Gasteiger partial charge in [-0.3, -0.25) is 14.7 Å². The van der Waals surface area contributed by atoms with Gasteiger partial charge in [-0.15, -0.1) is 0 Å². The number of carbonyl (C=O) groups is 2. The van der Waals surface area contributed by atoms with Crippen LogP contribution in [0.25, 0.3) is 0 Å². The lowest BCUT2D eigenvalue weighted by Gasteiger charge is -2.17. The molecule has 24 heavy (non-hydrogen) atoms. The zero-order chi connectivity index (χ0) is 16.5. The van der Waals surface area contributed by atoms with Gasteiger partial charge in [-0.2, -0.15) is 5.10 Å². The highest BCUT2D eigenvalue weighted by molar-refractivity contribution is 5.93. The summed E-state index contributed by atoms with van der Waals surface area (Å²) in [5, 5.41) is 9.96. The Labute approximate surface area is 140 Å². The molecule has 6 heteroatoms. The first-order chi connectivity index (χ1) is 11.7. The van der Waals surface area contributed by atoms with Crippen LogP contribution in [0.15, 0.2) is 36.4 Å². The van der Waals surface area contributed by atoms with Crippen molar-refractivity contribution >= 4 is 11.8 Å². The molecule has 1 saturated carbocycles. The van der Waals surface area contributed by atoms with Gasteiger partial charge in [0.25, 0.3) is 5.91 Å². The fourth-order valence-corrected chi connectivity index (χ4v) is 3.14. The van der Waals surface area contributed by atoms with E-state index in [9.17, 15) is 9.59 Å². The van der Waals surface area contributed by atoms with Crippen LogP contribution in [0.1, 0.15) is 46.9 Å². The lowest BCUT2D eigenvalue weighted by molar-refractivity contribution is -0.128.